The summed E-state index contributed by atoms with van der Waals surface area (Å²) >= 11 is 0. The second-order valence-corrected chi connectivity index (χ2v) is 2.53. The molecular weight excluding hydrogens is 138 g/mol. The predicted octanol–water partition coefficient (Wildman–Crippen LogP) is 1.67. The molecule has 0 saturated heterocycles. The smallest absolute Gasteiger partial charge is 0.122 e. The maximum Gasteiger partial charge on any atom is 0.122 e. The average molecular weight is 152 g/mol. The molecule has 60 valence electrons. The third-order valence-electron chi connectivity index (χ3n) is 1.74. The van der Waals surface area contributed by atoms with Crippen LogP contribution < -0.4 is 5.31 Å². The first-order valence-corrected chi connectivity index (χ1v) is 3.62. The fourth-order valence-corrected chi connectivity index (χ4v) is 0.934. The zero-order valence-corrected chi connectivity index (χ0v) is 6.78. The summed E-state index contributed by atoms with van der Waals surface area (Å²) in [6.07, 6.45) is 0. The Hall–Kier alpha value is -1.02. The van der Waals surface area contributed by atoms with E-state index in [0.717, 1.165) is 5.56 Å². The van der Waals surface area contributed by atoms with Gasteiger partial charge in [-0.1, -0.05) is 12.1 Å². The van der Waals surface area contributed by atoms with Crippen LogP contribution in [0.2, 0.25) is 1.41 Å². The van der Waals surface area contributed by atoms with Crippen LogP contribution in [-0.2, 0) is 0 Å². The van der Waals surface area contributed by atoms with Crippen molar-refractivity contribution in [3.05, 3.63) is 29.8 Å². The molecule has 1 aromatic rings. The standard InChI is InChI=1S/C9H13NO/c1-7(10-2)8-4-3-5-9(11)6-8/h3-7,10-11H,1-2H3/i/hD. The summed E-state index contributed by atoms with van der Waals surface area (Å²) in [5, 5.41) is 10.5. The highest BCUT2D eigenvalue weighted by molar-refractivity contribution is 5.28. The lowest BCUT2D eigenvalue weighted by Crippen LogP contribution is -2.11. The van der Waals surface area contributed by atoms with Gasteiger partial charge >= 0.3 is 0 Å². The van der Waals surface area contributed by atoms with E-state index in [1.807, 2.05) is 13.0 Å². The second-order valence-electron chi connectivity index (χ2n) is 2.53. The number of aromatic hydroxyl groups is 1. The quantitative estimate of drug-likeness (QED) is 0.675. The molecule has 0 aromatic heterocycles. The van der Waals surface area contributed by atoms with Crippen molar-refractivity contribution in [2.75, 3.05) is 7.05 Å². The molecule has 1 aromatic carbocycles. The molecule has 0 aliphatic rings. The molecule has 0 heterocycles. The lowest BCUT2D eigenvalue weighted by Gasteiger charge is -2.09. The van der Waals surface area contributed by atoms with Crippen molar-refractivity contribution in [2.45, 2.75) is 13.0 Å². The van der Waals surface area contributed by atoms with E-state index in [9.17, 15) is 0 Å². The van der Waals surface area contributed by atoms with E-state index in [1.165, 1.54) is 5.31 Å². The Morgan fingerprint density at radius 2 is 2.36 bits per heavy atom. The number of phenols is 1. The van der Waals surface area contributed by atoms with Gasteiger partial charge in [-0.05, 0) is 31.7 Å². The van der Waals surface area contributed by atoms with E-state index < -0.39 is 0 Å². The van der Waals surface area contributed by atoms with E-state index in [1.54, 1.807) is 25.2 Å². The molecule has 0 fully saturated rings. The van der Waals surface area contributed by atoms with Crippen molar-refractivity contribution in [1.82, 2.24) is 5.31 Å². The summed E-state index contributed by atoms with van der Waals surface area (Å²) < 4.78 is 7.34. The fraction of sp³-hybridized carbons (Fsp3) is 0.333. The summed E-state index contributed by atoms with van der Waals surface area (Å²) in [5.41, 5.74) is 0.951. The Morgan fingerprint density at radius 3 is 2.91 bits per heavy atom. The molecule has 0 bridgehead atoms. The van der Waals surface area contributed by atoms with Crippen LogP contribution in [-0.4, -0.2) is 12.2 Å². The summed E-state index contributed by atoms with van der Waals surface area (Å²) in [7, 11) is 1.69. The molecule has 0 saturated carbocycles. The molecule has 2 heteroatoms. The third-order valence-corrected chi connectivity index (χ3v) is 1.74. The number of hydrogen-bond donors (Lipinski definition) is 2. The van der Waals surface area contributed by atoms with Crippen molar-refractivity contribution in [3.63, 3.8) is 0 Å². The van der Waals surface area contributed by atoms with Crippen LogP contribution in [0.1, 0.15) is 18.5 Å². The van der Waals surface area contributed by atoms with E-state index in [2.05, 4.69) is 0 Å². The Kier molecular flexibility index (Phi) is 2.06. The Labute approximate surface area is 68.3 Å². The Bertz CT molecular complexity index is 262. The van der Waals surface area contributed by atoms with Crippen LogP contribution in [0.5, 0.6) is 5.75 Å². The third kappa shape index (κ3) is 1.95. The lowest BCUT2D eigenvalue weighted by atomic mass is 10.1. The number of rotatable bonds is 2. The second kappa shape index (κ2) is 3.39. The maximum atomic E-state index is 9.16. The normalized spacial score (nSPS) is 14.6. The predicted molar refractivity (Wildman–Crippen MR) is 45.6 cm³/mol. The summed E-state index contributed by atoms with van der Waals surface area (Å²) in [6.45, 7) is 1.92. The highest BCUT2D eigenvalue weighted by Crippen LogP contribution is 2.16. The maximum absolute atomic E-state index is 9.16. The van der Waals surface area contributed by atoms with Gasteiger partial charge in [-0.15, -0.1) is 0 Å². The van der Waals surface area contributed by atoms with Crippen LogP contribution in [0, 0.1) is 0 Å². The molecule has 11 heavy (non-hydrogen) atoms. The number of hydrogen-bond acceptors (Lipinski definition) is 2. The largest absolute Gasteiger partial charge is 0.508 e. The summed E-state index contributed by atoms with van der Waals surface area (Å²) in [6, 6.07) is 6.99. The molecular formula is C9H13NO. The van der Waals surface area contributed by atoms with Gasteiger partial charge in [0.15, 0.2) is 0 Å². The zero-order chi connectivity index (χ0) is 9.14. The minimum absolute atomic E-state index is 0.0112. The molecule has 0 aliphatic carbocycles. The molecule has 2 nitrogen and oxygen atoms in total. The SMILES string of the molecule is [2H]N(C)C(C)c1cccc(O)c1. The molecule has 1 atom stereocenters. The van der Waals surface area contributed by atoms with Crippen LogP contribution in [0.25, 0.3) is 0 Å². The summed E-state index contributed by atoms with van der Waals surface area (Å²) in [4.78, 5) is 0. The van der Waals surface area contributed by atoms with Gasteiger partial charge < -0.3 is 10.4 Å². The minimum Gasteiger partial charge on any atom is -0.508 e. The molecule has 1 unspecified atom stereocenters. The van der Waals surface area contributed by atoms with Crippen LogP contribution in [0.15, 0.2) is 24.3 Å². The first-order valence-electron chi connectivity index (χ1n) is 4.06. The van der Waals surface area contributed by atoms with Crippen LogP contribution in [0.3, 0.4) is 0 Å². The Morgan fingerprint density at radius 1 is 1.64 bits per heavy atom. The average Bonchev–Trinajstić information content (AvgIpc) is 2.03. The van der Waals surface area contributed by atoms with Crippen LogP contribution >= 0.6 is 0 Å². The fourth-order valence-electron chi connectivity index (χ4n) is 0.934. The van der Waals surface area contributed by atoms with E-state index in [-0.39, 0.29) is 11.8 Å². The molecule has 2 N–H and O–H groups in total. The van der Waals surface area contributed by atoms with Gasteiger partial charge in [0, 0.05) is 6.04 Å². The van der Waals surface area contributed by atoms with Crippen molar-refractivity contribution in [1.29, 1.82) is 0 Å². The Balaban J connectivity index is 2.88. The van der Waals surface area contributed by atoms with Gasteiger partial charge in [-0.3, -0.25) is 0 Å². The lowest BCUT2D eigenvalue weighted by molar-refractivity contribution is 0.473. The molecule has 0 spiro atoms. The zero-order valence-electron chi connectivity index (χ0n) is 7.78. The highest BCUT2D eigenvalue weighted by atomic mass is 16.3. The van der Waals surface area contributed by atoms with E-state index in [0.29, 0.717) is 0 Å². The topological polar surface area (TPSA) is 32.3 Å². The van der Waals surface area contributed by atoms with Crippen molar-refractivity contribution in [2.24, 2.45) is 0 Å². The van der Waals surface area contributed by atoms with Gasteiger partial charge in [-0.2, -0.15) is 0 Å². The van der Waals surface area contributed by atoms with Gasteiger partial charge in [0.1, 0.15) is 7.16 Å². The van der Waals surface area contributed by atoms with Crippen LogP contribution in [0.4, 0.5) is 0 Å². The number of nitrogens with one attached hydrogen (secondary N) is 1. The first kappa shape index (κ1) is 6.68. The highest BCUT2D eigenvalue weighted by Gasteiger charge is 2.01. The van der Waals surface area contributed by atoms with Crippen molar-refractivity contribution >= 4 is 0 Å². The molecule has 0 aliphatic heterocycles. The molecule has 1 rings (SSSR count). The monoisotopic (exact) mass is 152 g/mol. The van der Waals surface area contributed by atoms with E-state index in [4.69, 9.17) is 6.52 Å². The minimum atomic E-state index is 0.0112. The molecule has 0 amide bonds. The molecule has 0 radical (unpaired) electrons. The number of benzene rings is 1. The summed E-state index contributed by atoms with van der Waals surface area (Å²) in [5.74, 6) is 0.251. The van der Waals surface area contributed by atoms with Gasteiger partial charge in [0.25, 0.3) is 0 Å². The van der Waals surface area contributed by atoms with Gasteiger partial charge in [0.2, 0.25) is 0 Å². The van der Waals surface area contributed by atoms with E-state index >= 15 is 0 Å². The number of phenolic OH excluding ortho intramolecular Hbond substituents is 1. The van der Waals surface area contributed by atoms with Gasteiger partial charge in [-0.25, -0.2) is 0 Å². The van der Waals surface area contributed by atoms with Crippen molar-refractivity contribution in [3.8, 4) is 5.75 Å². The van der Waals surface area contributed by atoms with Crippen molar-refractivity contribution < 1.29 is 6.52 Å². The van der Waals surface area contributed by atoms with Gasteiger partial charge in [0.05, 0.1) is 0 Å². The first-order chi connectivity index (χ1) is 5.61.